The van der Waals surface area contributed by atoms with Crippen molar-refractivity contribution in [1.82, 2.24) is 0 Å². The second-order valence-electron chi connectivity index (χ2n) is 10.0. The largest absolute Gasteiger partial charge is 0.0759 e. The van der Waals surface area contributed by atoms with E-state index >= 15 is 0 Å². The predicted molar refractivity (Wildman–Crippen MR) is 108 cm³/mol. The maximum atomic E-state index is 2.45. The van der Waals surface area contributed by atoms with Crippen molar-refractivity contribution in [2.75, 3.05) is 0 Å². The van der Waals surface area contributed by atoms with E-state index in [1.165, 1.54) is 35.5 Å². The van der Waals surface area contributed by atoms with Crippen LogP contribution in [0.1, 0.15) is 55.4 Å². The average Bonchev–Trinajstić information content (AvgIpc) is 3.12. The maximum absolute atomic E-state index is 2.45. The number of rotatable bonds is 2. The molecular formula is C25H32. The van der Waals surface area contributed by atoms with Gasteiger partial charge in [-0.25, -0.2) is 0 Å². The molecule has 0 atom stereocenters. The molecule has 3 rings (SSSR count). The summed E-state index contributed by atoms with van der Waals surface area (Å²) in [6, 6.07) is 0. The third-order valence-corrected chi connectivity index (χ3v) is 5.62. The molecular weight excluding hydrogens is 300 g/mol. The van der Waals surface area contributed by atoms with Crippen LogP contribution in [0.15, 0.2) is 24.3 Å². The van der Waals surface area contributed by atoms with Crippen LogP contribution in [0.25, 0.3) is 0 Å². The van der Waals surface area contributed by atoms with E-state index in [-0.39, 0.29) is 16.2 Å². The van der Waals surface area contributed by atoms with Gasteiger partial charge in [0.25, 0.3) is 0 Å². The maximum Gasteiger partial charge on any atom is 0.0167 e. The highest BCUT2D eigenvalue weighted by Crippen LogP contribution is 2.64. The van der Waals surface area contributed by atoms with Crippen molar-refractivity contribution >= 4 is 0 Å². The standard InChI is InChI=1S/C25H32/c1-23(2,3)17-13-14-18(15-17)25(7,8)22-16-21(24(4,5)6)19-11-9-10-12-20(19)22/h9-16H,1-8H3. The lowest BCUT2D eigenvalue weighted by molar-refractivity contribution is 0.422. The molecule has 10 radical (unpaired) electrons. The third-order valence-electron chi connectivity index (χ3n) is 5.62. The van der Waals surface area contributed by atoms with Gasteiger partial charge in [0, 0.05) is 11.8 Å². The Balaban J connectivity index is 1.82. The smallest absolute Gasteiger partial charge is 0.0167 e. The van der Waals surface area contributed by atoms with Gasteiger partial charge in [-0.1, -0.05) is 79.7 Å². The Morgan fingerprint density at radius 3 is 1.56 bits per heavy atom. The molecule has 0 heteroatoms. The molecule has 0 aromatic rings. The molecule has 0 spiro atoms. The zero-order valence-corrected chi connectivity index (χ0v) is 17.1. The van der Waals surface area contributed by atoms with Crippen LogP contribution in [0.2, 0.25) is 0 Å². The molecule has 25 heavy (non-hydrogen) atoms. The fourth-order valence-electron chi connectivity index (χ4n) is 3.84. The Morgan fingerprint density at radius 1 is 0.560 bits per heavy atom. The van der Waals surface area contributed by atoms with Crippen LogP contribution in [0.5, 0.6) is 0 Å². The Labute approximate surface area is 157 Å². The van der Waals surface area contributed by atoms with Gasteiger partial charge in [-0.3, -0.25) is 0 Å². The molecule has 0 N–H and O–H groups in total. The molecule has 0 bridgehead atoms. The molecule has 0 aliphatic heterocycles. The third kappa shape index (κ3) is 3.52. The van der Waals surface area contributed by atoms with Crippen molar-refractivity contribution in [3.8, 4) is 0 Å². The summed E-state index contributed by atoms with van der Waals surface area (Å²) < 4.78 is 0. The van der Waals surface area contributed by atoms with Crippen molar-refractivity contribution in [2.24, 2.45) is 16.2 Å². The molecule has 0 amide bonds. The first kappa shape index (κ1) is 19.2. The van der Waals surface area contributed by atoms with Crippen molar-refractivity contribution in [1.29, 1.82) is 0 Å². The van der Waals surface area contributed by atoms with E-state index in [1.807, 2.05) is 0 Å². The van der Waals surface area contributed by atoms with Crippen LogP contribution in [0.4, 0.5) is 0 Å². The number of fused-ring (bicyclic) bond motifs is 1. The summed E-state index contributed by atoms with van der Waals surface area (Å²) >= 11 is 0. The molecule has 0 aromatic heterocycles. The van der Waals surface area contributed by atoms with Gasteiger partial charge in [0.15, 0.2) is 0 Å². The van der Waals surface area contributed by atoms with E-state index < -0.39 is 0 Å². The minimum atomic E-state index is -0.00734. The van der Waals surface area contributed by atoms with Crippen LogP contribution in [0, 0.1) is 77.4 Å². The first-order valence-corrected chi connectivity index (χ1v) is 9.39. The van der Waals surface area contributed by atoms with Crippen molar-refractivity contribution in [3.63, 3.8) is 0 Å². The van der Waals surface area contributed by atoms with Gasteiger partial charge >= 0.3 is 0 Å². The summed E-state index contributed by atoms with van der Waals surface area (Å²) in [4.78, 5) is 0. The number of hydrogen-bond donors (Lipinski definition) is 0. The Bertz CT molecular complexity index is 533. The molecule has 0 heterocycles. The lowest BCUT2D eigenvalue weighted by Gasteiger charge is -2.40. The normalized spacial score (nSPS) is 26.1. The van der Waals surface area contributed by atoms with Crippen LogP contribution in [-0.2, 0) is 0 Å². The molecule has 0 nitrogen and oxygen atoms in total. The van der Waals surface area contributed by atoms with Crippen molar-refractivity contribution in [2.45, 2.75) is 55.4 Å². The lowest BCUT2D eigenvalue weighted by atomic mass is 9.63. The van der Waals surface area contributed by atoms with E-state index in [2.05, 4.69) is 105 Å². The molecule has 3 aliphatic carbocycles. The molecule has 3 aliphatic rings. The number of allylic oxidation sites excluding steroid dienone is 4. The Hall–Kier alpha value is -0.520. The zero-order chi connectivity index (χ0) is 18.6. The van der Waals surface area contributed by atoms with E-state index in [9.17, 15) is 0 Å². The highest BCUT2D eigenvalue weighted by molar-refractivity contribution is 5.70. The highest BCUT2D eigenvalue weighted by Gasteiger charge is 2.55. The summed E-state index contributed by atoms with van der Waals surface area (Å²) in [5, 5.41) is 0. The van der Waals surface area contributed by atoms with Gasteiger partial charge in [-0.05, 0) is 65.6 Å². The summed E-state index contributed by atoms with van der Waals surface area (Å²) in [5.74, 6) is 8.53. The van der Waals surface area contributed by atoms with Crippen LogP contribution in [-0.4, -0.2) is 0 Å². The monoisotopic (exact) mass is 332 g/mol. The minimum absolute atomic E-state index is 0.00734. The molecule has 2 saturated carbocycles. The van der Waals surface area contributed by atoms with Crippen molar-refractivity contribution in [3.05, 3.63) is 85.5 Å². The quantitative estimate of drug-likeness (QED) is 0.540. The SMILES string of the molecule is CC(C)(C)[C]1[CH][CH][C](C(C)(C)[C]2[CH][C](C(C)(C)C)[C]3C=CC=C[C]32)[CH]1. The van der Waals surface area contributed by atoms with Crippen LogP contribution in [0.3, 0.4) is 0 Å². The molecule has 2 fully saturated rings. The van der Waals surface area contributed by atoms with Gasteiger partial charge in [0.2, 0.25) is 0 Å². The minimum Gasteiger partial charge on any atom is -0.0759 e. The summed E-state index contributed by atoms with van der Waals surface area (Å²) in [7, 11) is 0. The van der Waals surface area contributed by atoms with E-state index in [1.54, 1.807) is 0 Å². The van der Waals surface area contributed by atoms with E-state index in [0.717, 1.165) is 0 Å². The van der Waals surface area contributed by atoms with Gasteiger partial charge in [0.1, 0.15) is 0 Å². The molecule has 0 aromatic carbocycles. The number of hydrogen-bond acceptors (Lipinski definition) is 0. The first-order valence-electron chi connectivity index (χ1n) is 9.39. The summed E-state index contributed by atoms with van der Waals surface area (Å²) in [6.07, 6.45) is 18.4. The topological polar surface area (TPSA) is 0 Å². The highest BCUT2D eigenvalue weighted by atomic mass is 14.6. The molecule has 132 valence electrons. The van der Waals surface area contributed by atoms with Gasteiger partial charge < -0.3 is 0 Å². The first-order chi connectivity index (χ1) is 11.4. The summed E-state index contributed by atoms with van der Waals surface area (Å²) in [5.41, 5.74) is 0.335. The van der Waals surface area contributed by atoms with Gasteiger partial charge in [-0.2, -0.15) is 0 Å². The van der Waals surface area contributed by atoms with Gasteiger partial charge in [0.05, 0.1) is 0 Å². The fraction of sp³-hybridized carbons (Fsp3) is 0.440. The average molecular weight is 333 g/mol. The van der Waals surface area contributed by atoms with E-state index in [0.29, 0.717) is 0 Å². The second-order valence-corrected chi connectivity index (χ2v) is 10.0. The fourth-order valence-corrected chi connectivity index (χ4v) is 3.84. The van der Waals surface area contributed by atoms with Crippen LogP contribution < -0.4 is 0 Å². The van der Waals surface area contributed by atoms with Crippen LogP contribution >= 0.6 is 0 Å². The lowest BCUT2D eigenvalue weighted by Crippen LogP contribution is -2.31. The Morgan fingerprint density at radius 2 is 1.08 bits per heavy atom. The predicted octanol–water partition coefficient (Wildman–Crippen LogP) is 6.52. The van der Waals surface area contributed by atoms with E-state index in [4.69, 9.17) is 0 Å². The van der Waals surface area contributed by atoms with Gasteiger partial charge in [-0.15, -0.1) is 0 Å². The summed E-state index contributed by atoms with van der Waals surface area (Å²) in [6.45, 7) is 18.5. The molecule has 0 unspecified atom stereocenters. The Kier molecular flexibility index (Phi) is 4.83. The zero-order valence-electron chi connectivity index (χ0n) is 17.1. The van der Waals surface area contributed by atoms with Crippen molar-refractivity contribution < 1.29 is 0 Å². The second kappa shape index (κ2) is 6.28. The molecule has 0 saturated heterocycles.